The van der Waals surface area contributed by atoms with E-state index in [-0.39, 0.29) is 5.91 Å². The maximum atomic E-state index is 12.7. The van der Waals surface area contributed by atoms with Crippen molar-refractivity contribution in [3.8, 4) is 0 Å². The number of nitrogens with zero attached hydrogens (tertiary/aromatic N) is 4. The van der Waals surface area contributed by atoms with E-state index in [2.05, 4.69) is 58.4 Å². The number of carbonyl (C=O) groups excluding carboxylic acids is 1. The Hall–Kier alpha value is -2.14. The third kappa shape index (κ3) is 4.55. The van der Waals surface area contributed by atoms with Gasteiger partial charge in [0.15, 0.2) is 0 Å². The van der Waals surface area contributed by atoms with Crippen LogP contribution in [0.2, 0.25) is 0 Å². The molecule has 1 aromatic heterocycles. The number of amides is 1. The maximum Gasteiger partial charge on any atom is 0.220 e. The molecule has 1 amide bonds. The minimum atomic E-state index is 0.234. The Morgan fingerprint density at radius 3 is 2.66 bits per heavy atom. The van der Waals surface area contributed by atoms with Gasteiger partial charge in [-0.1, -0.05) is 43.2 Å². The van der Waals surface area contributed by atoms with Crippen LogP contribution < -0.4 is 0 Å². The van der Waals surface area contributed by atoms with Gasteiger partial charge in [-0.25, -0.2) is 0 Å². The van der Waals surface area contributed by atoms with Gasteiger partial charge in [0.2, 0.25) is 5.91 Å². The maximum absolute atomic E-state index is 12.7. The van der Waals surface area contributed by atoms with Crippen LogP contribution in [-0.2, 0) is 24.3 Å². The third-order valence-electron chi connectivity index (χ3n) is 6.70. The van der Waals surface area contributed by atoms with Crippen LogP contribution in [0, 0.1) is 0 Å². The zero-order valence-electron chi connectivity index (χ0n) is 17.8. The van der Waals surface area contributed by atoms with Crippen molar-refractivity contribution in [2.24, 2.45) is 0 Å². The highest BCUT2D eigenvalue weighted by Crippen LogP contribution is 2.36. The van der Waals surface area contributed by atoms with E-state index in [4.69, 9.17) is 0 Å². The van der Waals surface area contributed by atoms with Crippen LogP contribution in [0.4, 0.5) is 0 Å². The quantitative estimate of drug-likeness (QED) is 0.773. The molecule has 2 saturated heterocycles. The summed E-state index contributed by atoms with van der Waals surface area (Å²) in [5.41, 5.74) is 2.61. The van der Waals surface area contributed by atoms with Gasteiger partial charge < -0.3 is 4.90 Å². The van der Waals surface area contributed by atoms with E-state index in [1.807, 2.05) is 10.9 Å². The average molecular weight is 395 g/mol. The first kappa shape index (κ1) is 20.1. The number of aryl methyl sites for hydroxylation is 1. The molecule has 5 nitrogen and oxygen atoms in total. The molecule has 3 atom stereocenters. The van der Waals surface area contributed by atoms with Crippen molar-refractivity contribution in [1.82, 2.24) is 19.6 Å². The van der Waals surface area contributed by atoms with Gasteiger partial charge in [0.25, 0.3) is 0 Å². The van der Waals surface area contributed by atoms with Gasteiger partial charge in [-0.05, 0) is 44.7 Å². The van der Waals surface area contributed by atoms with Gasteiger partial charge in [-0.15, -0.1) is 0 Å². The SMILES string of the molecule is CCn1cc(CN2CCCCC[C@@H]3[C@@H]2C[C@@H](Cc2ccccc2)N3C(C)=O)cn1. The highest BCUT2D eigenvalue weighted by atomic mass is 16.2. The summed E-state index contributed by atoms with van der Waals surface area (Å²) in [5.74, 6) is 0.234. The molecule has 0 unspecified atom stereocenters. The number of hydrogen-bond acceptors (Lipinski definition) is 3. The smallest absolute Gasteiger partial charge is 0.220 e. The summed E-state index contributed by atoms with van der Waals surface area (Å²) in [6, 6.07) is 11.7. The van der Waals surface area contributed by atoms with Crippen molar-refractivity contribution in [3.05, 3.63) is 53.9 Å². The Kier molecular flexibility index (Phi) is 6.34. The summed E-state index contributed by atoms with van der Waals surface area (Å²) in [4.78, 5) is 17.6. The van der Waals surface area contributed by atoms with Gasteiger partial charge in [0.05, 0.1) is 6.20 Å². The summed E-state index contributed by atoms with van der Waals surface area (Å²) in [6.07, 6.45) is 11.1. The predicted molar refractivity (Wildman–Crippen MR) is 115 cm³/mol. The van der Waals surface area contributed by atoms with E-state index in [1.54, 1.807) is 6.92 Å². The molecule has 5 heteroatoms. The number of hydrogen-bond donors (Lipinski definition) is 0. The van der Waals surface area contributed by atoms with E-state index < -0.39 is 0 Å². The Bertz CT molecular complexity index is 802. The number of fused-ring (bicyclic) bond motifs is 1. The third-order valence-corrected chi connectivity index (χ3v) is 6.70. The van der Waals surface area contributed by atoms with Crippen LogP contribution in [0.1, 0.15) is 57.1 Å². The normalized spacial score (nSPS) is 25.4. The molecule has 3 heterocycles. The summed E-state index contributed by atoms with van der Waals surface area (Å²) in [5, 5.41) is 4.47. The summed E-state index contributed by atoms with van der Waals surface area (Å²) < 4.78 is 2.01. The van der Waals surface area contributed by atoms with Crippen molar-refractivity contribution in [3.63, 3.8) is 0 Å². The molecule has 0 bridgehead atoms. The Morgan fingerprint density at radius 1 is 1.10 bits per heavy atom. The molecular formula is C24H34N4O. The number of benzene rings is 1. The monoisotopic (exact) mass is 394 g/mol. The first-order valence-electron chi connectivity index (χ1n) is 11.2. The summed E-state index contributed by atoms with van der Waals surface area (Å²) in [6.45, 7) is 6.84. The van der Waals surface area contributed by atoms with Gasteiger partial charge in [-0.2, -0.15) is 5.10 Å². The molecule has 2 aliphatic rings. The van der Waals surface area contributed by atoms with Crippen LogP contribution in [0.3, 0.4) is 0 Å². The van der Waals surface area contributed by atoms with Gasteiger partial charge >= 0.3 is 0 Å². The van der Waals surface area contributed by atoms with E-state index in [0.29, 0.717) is 18.1 Å². The molecule has 0 radical (unpaired) electrons. The molecule has 29 heavy (non-hydrogen) atoms. The lowest BCUT2D eigenvalue weighted by molar-refractivity contribution is -0.132. The van der Waals surface area contributed by atoms with Crippen molar-refractivity contribution in [1.29, 1.82) is 0 Å². The second-order valence-corrected chi connectivity index (χ2v) is 8.66. The molecule has 0 spiro atoms. The lowest BCUT2D eigenvalue weighted by atomic mass is 9.95. The summed E-state index contributed by atoms with van der Waals surface area (Å²) in [7, 11) is 0. The summed E-state index contributed by atoms with van der Waals surface area (Å²) >= 11 is 0. The Labute approximate surface area is 174 Å². The Morgan fingerprint density at radius 2 is 1.93 bits per heavy atom. The van der Waals surface area contributed by atoms with E-state index >= 15 is 0 Å². The second kappa shape index (κ2) is 9.12. The highest BCUT2D eigenvalue weighted by Gasteiger charge is 2.44. The van der Waals surface area contributed by atoms with E-state index in [0.717, 1.165) is 38.9 Å². The van der Waals surface area contributed by atoms with Gasteiger partial charge in [-0.3, -0.25) is 14.4 Å². The van der Waals surface area contributed by atoms with Crippen molar-refractivity contribution >= 4 is 5.91 Å². The average Bonchev–Trinajstić information content (AvgIpc) is 3.30. The van der Waals surface area contributed by atoms with Gasteiger partial charge in [0.1, 0.15) is 0 Å². The molecule has 2 fully saturated rings. The van der Waals surface area contributed by atoms with E-state index in [1.165, 1.54) is 30.4 Å². The molecule has 1 aromatic carbocycles. The first-order valence-corrected chi connectivity index (χ1v) is 11.2. The number of likely N-dealkylation sites (tertiary alicyclic amines) is 2. The van der Waals surface area contributed by atoms with Crippen molar-refractivity contribution < 1.29 is 4.79 Å². The molecule has 0 saturated carbocycles. The van der Waals surface area contributed by atoms with Crippen LogP contribution in [0.15, 0.2) is 42.7 Å². The highest BCUT2D eigenvalue weighted by molar-refractivity contribution is 5.74. The fourth-order valence-corrected chi connectivity index (χ4v) is 5.39. The lowest BCUT2D eigenvalue weighted by Gasteiger charge is -2.37. The standard InChI is InChI=1S/C24H34N4O/c1-3-27-18-21(16-25-27)17-26-13-9-5-8-12-23-24(26)15-22(28(23)19(2)29)14-20-10-6-4-7-11-20/h4,6-7,10-11,16,18,22-24H,3,5,8-9,12-15,17H2,1-2H3/t22-,23-,24+/m1/s1. The molecule has 0 N–H and O–H groups in total. The number of rotatable bonds is 5. The minimum absolute atomic E-state index is 0.234. The predicted octanol–water partition coefficient (Wildman–Crippen LogP) is 3.88. The fourth-order valence-electron chi connectivity index (χ4n) is 5.39. The number of carbonyl (C=O) groups is 1. The lowest BCUT2D eigenvalue weighted by Crippen LogP contribution is -2.48. The molecule has 4 rings (SSSR count). The largest absolute Gasteiger partial charge is 0.335 e. The fraction of sp³-hybridized carbons (Fsp3) is 0.583. The molecule has 0 aliphatic carbocycles. The molecular weight excluding hydrogens is 360 g/mol. The molecule has 156 valence electrons. The van der Waals surface area contributed by atoms with Crippen LogP contribution in [0.5, 0.6) is 0 Å². The van der Waals surface area contributed by atoms with E-state index in [9.17, 15) is 4.79 Å². The number of aromatic nitrogens is 2. The van der Waals surface area contributed by atoms with Crippen molar-refractivity contribution in [2.75, 3.05) is 6.54 Å². The van der Waals surface area contributed by atoms with Crippen molar-refractivity contribution in [2.45, 2.75) is 83.6 Å². The Balaban J connectivity index is 1.57. The zero-order valence-corrected chi connectivity index (χ0v) is 17.8. The topological polar surface area (TPSA) is 41.4 Å². The molecule has 2 aromatic rings. The van der Waals surface area contributed by atoms with Crippen LogP contribution >= 0.6 is 0 Å². The van der Waals surface area contributed by atoms with Crippen LogP contribution in [-0.4, -0.2) is 50.2 Å². The van der Waals surface area contributed by atoms with Crippen LogP contribution in [0.25, 0.3) is 0 Å². The first-order chi connectivity index (χ1) is 14.2. The second-order valence-electron chi connectivity index (χ2n) is 8.66. The zero-order chi connectivity index (χ0) is 20.2. The minimum Gasteiger partial charge on any atom is -0.335 e. The van der Waals surface area contributed by atoms with Gasteiger partial charge in [0, 0.05) is 49.9 Å². The molecule has 2 aliphatic heterocycles.